The molecule has 2 heterocycles. The van der Waals surface area contributed by atoms with Crippen molar-refractivity contribution in [3.05, 3.63) is 67.3 Å². The average molecular weight is 407 g/mol. The van der Waals surface area contributed by atoms with Crippen LogP contribution in [0.4, 0.5) is 4.39 Å². The van der Waals surface area contributed by atoms with Gasteiger partial charge in [0.05, 0.1) is 10.4 Å². The molecule has 8 heteroatoms. The molecule has 0 spiro atoms. The summed E-state index contributed by atoms with van der Waals surface area (Å²) in [4.78, 5) is 33.1. The van der Waals surface area contributed by atoms with Crippen molar-refractivity contribution in [3.63, 3.8) is 0 Å². The number of aryl methyl sites for hydroxylation is 2. The predicted octanol–water partition coefficient (Wildman–Crippen LogP) is 4.71. The number of ether oxygens (including phenoxy) is 1. The van der Waals surface area contributed by atoms with Crippen LogP contribution in [0.15, 0.2) is 29.1 Å². The molecule has 140 valence electrons. The molecule has 0 radical (unpaired) electrons. The number of benzene rings is 1. The molecule has 2 aromatic heterocycles. The van der Waals surface area contributed by atoms with Gasteiger partial charge < -0.3 is 9.72 Å². The van der Waals surface area contributed by atoms with Gasteiger partial charge in [-0.2, -0.15) is 0 Å². The second-order valence-corrected chi connectivity index (χ2v) is 7.61. The highest BCUT2D eigenvalue weighted by Gasteiger charge is 2.17. The van der Waals surface area contributed by atoms with Crippen LogP contribution < -0.4 is 5.56 Å². The van der Waals surface area contributed by atoms with Crippen LogP contribution in [0.1, 0.15) is 34.9 Å². The summed E-state index contributed by atoms with van der Waals surface area (Å²) in [6, 6.07) is 4.10. The summed E-state index contributed by atoms with van der Waals surface area (Å²) < 4.78 is 18.4. The average Bonchev–Trinajstić information content (AvgIpc) is 2.90. The molecule has 0 amide bonds. The highest BCUT2D eigenvalue weighted by atomic mass is 35.5. The number of hydrogen-bond donors (Lipinski definition) is 1. The first kappa shape index (κ1) is 19.3. The SMILES string of the molecule is Cc1sc2nc([C@@H](C)OC(=O)/C=C/c3ccc(F)c(Cl)c3)[nH]c(=O)c2c1C. The van der Waals surface area contributed by atoms with Crippen LogP contribution in [0.3, 0.4) is 0 Å². The van der Waals surface area contributed by atoms with E-state index in [-0.39, 0.29) is 16.4 Å². The number of carbonyl (C=O) groups excluding carboxylic acids is 1. The zero-order valence-corrected chi connectivity index (χ0v) is 16.4. The van der Waals surface area contributed by atoms with Gasteiger partial charge in [0, 0.05) is 11.0 Å². The van der Waals surface area contributed by atoms with Gasteiger partial charge in [-0.05, 0) is 50.1 Å². The molecule has 0 fully saturated rings. The van der Waals surface area contributed by atoms with E-state index in [4.69, 9.17) is 16.3 Å². The monoisotopic (exact) mass is 406 g/mol. The third-order valence-electron chi connectivity index (χ3n) is 4.09. The lowest BCUT2D eigenvalue weighted by Crippen LogP contribution is -2.16. The Hall–Kier alpha value is -2.51. The first-order valence-corrected chi connectivity index (χ1v) is 9.29. The van der Waals surface area contributed by atoms with Gasteiger partial charge in [-0.3, -0.25) is 4.79 Å². The van der Waals surface area contributed by atoms with E-state index >= 15 is 0 Å². The van der Waals surface area contributed by atoms with Gasteiger partial charge in [0.1, 0.15) is 10.6 Å². The van der Waals surface area contributed by atoms with Crippen LogP contribution in [0.5, 0.6) is 0 Å². The van der Waals surface area contributed by atoms with Crippen molar-refractivity contribution in [2.24, 2.45) is 0 Å². The Kier molecular flexibility index (Phi) is 5.43. The van der Waals surface area contributed by atoms with Crippen LogP contribution >= 0.6 is 22.9 Å². The number of thiophene rings is 1. The molecular weight excluding hydrogens is 391 g/mol. The molecule has 0 aliphatic rings. The van der Waals surface area contributed by atoms with E-state index in [2.05, 4.69) is 9.97 Å². The zero-order valence-electron chi connectivity index (χ0n) is 14.8. The number of fused-ring (bicyclic) bond motifs is 1. The normalized spacial score (nSPS) is 12.6. The number of hydrogen-bond acceptors (Lipinski definition) is 5. The number of rotatable bonds is 4. The minimum absolute atomic E-state index is 0.0319. The second kappa shape index (κ2) is 7.62. The van der Waals surface area contributed by atoms with E-state index < -0.39 is 17.9 Å². The molecule has 0 unspecified atom stereocenters. The third-order valence-corrected chi connectivity index (χ3v) is 5.48. The number of nitrogens with one attached hydrogen (secondary N) is 1. The van der Waals surface area contributed by atoms with Crippen molar-refractivity contribution in [2.45, 2.75) is 26.9 Å². The quantitative estimate of drug-likeness (QED) is 0.503. The van der Waals surface area contributed by atoms with Gasteiger partial charge in [-0.15, -0.1) is 11.3 Å². The molecule has 27 heavy (non-hydrogen) atoms. The first-order chi connectivity index (χ1) is 12.8. The largest absolute Gasteiger partial charge is 0.451 e. The predicted molar refractivity (Wildman–Crippen MR) is 105 cm³/mol. The van der Waals surface area contributed by atoms with E-state index in [1.165, 1.54) is 41.7 Å². The Balaban J connectivity index is 1.76. The van der Waals surface area contributed by atoms with Crippen LogP contribution in [0.25, 0.3) is 16.3 Å². The maximum absolute atomic E-state index is 13.1. The summed E-state index contributed by atoms with van der Waals surface area (Å²) in [5.74, 6) is -0.876. The topological polar surface area (TPSA) is 72.0 Å². The van der Waals surface area contributed by atoms with Gasteiger partial charge in [0.15, 0.2) is 11.9 Å². The third kappa shape index (κ3) is 4.09. The van der Waals surface area contributed by atoms with Crippen LogP contribution in [0, 0.1) is 19.7 Å². The molecule has 1 aromatic carbocycles. The van der Waals surface area contributed by atoms with Crippen molar-refractivity contribution in [3.8, 4) is 0 Å². The maximum atomic E-state index is 13.1. The molecule has 0 aliphatic heterocycles. The summed E-state index contributed by atoms with van der Waals surface area (Å²) in [6.45, 7) is 5.43. The number of aromatic nitrogens is 2. The minimum atomic E-state index is -0.737. The number of aromatic amines is 1. The summed E-state index contributed by atoms with van der Waals surface area (Å²) >= 11 is 7.13. The molecule has 0 saturated carbocycles. The standard InChI is InChI=1S/C19H16ClFN2O3S/c1-9-11(3)27-19-16(9)18(25)22-17(23-19)10(2)26-15(24)7-5-12-4-6-14(21)13(20)8-12/h4-8,10H,1-3H3,(H,22,23,25)/b7-5+/t10-/m1/s1. The van der Waals surface area contributed by atoms with Gasteiger partial charge in [-0.25, -0.2) is 14.2 Å². The number of H-pyrrole nitrogens is 1. The van der Waals surface area contributed by atoms with E-state index in [1.807, 2.05) is 13.8 Å². The van der Waals surface area contributed by atoms with Crippen LogP contribution in [0.2, 0.25) is 5.02 Å². The molecule has 1 N–H and O–H groups in total. The number of nitrogens with zero attached hydrogens (tertiary/aromatic N) is 1. The van der Waals surface area contributed by atoms with Crippen molar-refractivity contribution in [1.82, 2.24) is 9.97 Å². The fourth-order valence-corrected chi connectivity index (χ4v) is 3.74. The highest BCUT2D eigenvalue weighted by molar-refractivity contribution is 7.18. The lowest BCUT2D eigenvalue weighted by atomic mass is 10.2. The van der Waals surface area contributed by atoms with E-state index in [0.29, 0.717) is 15.8 Å². The highest BCUT2D eigenvalue weighted by Crippen LogP contribution is 2.27. The van der Waals surface area contributed by atoms with Crippen molar-refractivity contribution in [1.29, 1.82) is 0 Å². The molecule has 1 atom stereocenters. The van der Waals surface area contributed by atoms with Crippen LogP contribution in [-0.2, 0) is 9.53 Å². The molecular formula is C19H16ClFN2O3S. The summed E-state index contributed by atoms with van der Waals surface area (Å²) in [5, 5.41) is 0.531. The minimum Gasteiger partial charge on any atom is -0.451 e. The Bertz CT molecular complexity index is 1120. The van der Waals surface area contributed by atoms with Gasteiger partial charge >= 0.3 is 5.97 Å². The summed E-state index contributed by atoms with van der Waals surface area (Å²) in [5.41, 5.74) is 1.21. The van der Waals surface area contributed by atoms with Gasteiger partial charge in [0.2, 0.25) is 0 Å². The lowest BCUT2D eigenvalue weighted by molar-refractivity contribution is -0.142. The van der Waals surface area contributed by atoms with E-state index in [0.717, 1.165) is 10.4 Å². The lowest BCUT2D eigenvalue weighted by Gasteiger charge is -2.11. The van der Waals surface area contributed by atoms with Crippen molar-refractivity contribution < 1.29 is 13.9 Å². The first-order valence-electron chi connectivity index (χ1n) is 8.10. The smallest absolute Gasteiger partial charge is 0.331 e. The second-order valence-electron chi connectivity index (χ2n) is 6.00. The zero-order chi connectivity index (χ0) is 19.7. The Morgan fingerprint density at radius 3 is 2.85 bits per heavy atom. The number of halogens is 2. The van der Waals surface area contributed by atoms with E-state index in [1.54, 1.807) is 6.92 Å². The summed E-state index contributed by atoms with van der Waals surface area (Å²) in [6.07, 6.45) is 1.93. The Morgan fingerprint density at radius 1 is 1.41 bits per heavy atom. The fraction of sp³-hybridized carbons (Fsp3) is 0.211. The molecule has 0 saturated heterocycles. The van der Waals surface area contributed by atoms with Crippen molar-refractivity contribution in [2.75, 3.05) is 0 Å². The van der Waals surface area contributed by atoms with Crippen molar-refractivity contribution >= 4 is 45.2 Å². The molecule has 0 bridgehead atoms. The molecule has 3 aromatic rings. The Labute approximate surface area is 163 Å². The van der Waals surface area contributed by atoms with Crippen LogP contribution in [-0.4, -0.2) is 15.9 Å². The number of carbonyl (C=O) groups is 1. The molecule has 0 aliphatic carbocycles. The summed E-state index contributed by atoms with van der Waals surface area (Å²) in [7, 11) is 0. The maximum Gasteiger partial charge on any atom is 0.331 e. The number of esters is 1. The molecule has 5 nitrogen and oxygen atoms in total. The van der Waals surface area contributed by atoms with Gasteiger partial charge in [0.25, 0.3) is 5.56 Å². The fourth-order valence-electron chi connectivity index (χ4n) is 2.51. The van der Waals surface area contributed by atoms with Gasteiger partial charge in [-0.1, -0.05) is 17.7 Å². The Morgan fingerprint density at radius 2 is 2.15 bits per heavy atom. The molecule has 3 rings (SSSR count). The van der Waals surface area contributed by atoms with E-state index in [9.17, 15) is 14.0 Å².